The first-order chi connectivity index (χ1) is 19.6. The second kappa shape index (κ2) is 9.93. The van der Waals surface area contributed by atoms with Gasteiger partial charge < -0.3 is 4.42 Å². The summed E-state index contributed by atoms with van der Waals surface area (Å²) in [7, 11) is 2.08. The van der Waals surface area contributed by atoms with Crippen molar-refractivity contribution in [3.8, 4) is 28.5 Å². The molecule has 7 rings (SSSR count). The van der Waals surface area contributed by atoms with E-state index in [1.54, 1.807) is 0 Å². The van der Waals surface area contributed by atoms with Crippen LogP contribution in [0.1, 0.15) is 80.4 Å². The van der Waals surface area contributed by atoms with E-state index in [-0.39, 0.29) is 0 Å². The summed E-state index contributed by atoms with van der Waals surface area (Å²) in [5, 5.41) is 12.5. The van der Waals surface area contributed by atoms with Crippen molar-refractivity contribution in [2.75, 3.05) is 0 Å². The van der Waals surface area contributed by atoms with Crippen molar-refractivity contribution in [2.45, 2.75) is 70.6 Å². The van der Waals surface area contributed by atoms with Crippen LogP contribution in [-0.2, 0) is 7.05 Å². The number of nitrogens with zero attached hydrogens (tertiary/aromatic N) is 2. The molecule has 2 saturated carbocycles. The maximum Gasteiger partial charge on any atom is 0.216 e. The minimum Gasteiger partial charge on any atom is -0.454 e. The highest BCUT2D eigenvalue weighted by molar-refractivity contribution is 6.14. The Morgan fingerprint density at radius 1 is 0.800 bits per heavy atom. The van der Waals surface area contributed by atoms with Crippen LogP contribution in [0, 0.1) is 23.7 Å². The third-order valence-corrected chi connectivity index (χ3v) is 10.1. The number of nitriles is 1. The summed E-state index contributed by atoms with van der Waals surface area (Å²) < 4.78 is 9.02. The molecule has 1 spiro atoms. The minimum absolute atomic E-state index is 0.524. The number of rotatable bonds is 3. The minimum atomic E-state index is 0.524. The monoisotopic (exact) mass is 525 g/mol. The van der Waals surface area contributed by atoms with Crippen LogP contribution < -0.4 is 4.57 Å². The van der Waals surface area contributed by atoms with Crippen LogP contribution in [0.4, 0.5) is 0 Å². The molecule has 200 valence electrons. The fourth-order valence-electron chi connectivity index (χ4n) is 7.89. The predicted molar refractivity (Wildman–Crippen MR) is 162 cm³/mol. The fourth-order valence-corrected chi connectivity index (χ4v) is 7.89. The molecule has 2 fully saturated rings. The summed E-state index contributed by atoms with van der Waals surface area (Å²) in [5.74, 6) is 0.524. The van der Waals surface area contributed by atoms with E-state index in [2.05, 4.69) is 85.4 Å². The molecule has 3 nitrogen and oxygen atoms in total. The molecule has 2 aliphatic rings. The number of aryl methyl sites for hydroxylation is 2. The van der Waals surface area contributed by atoms with E-state index < -0.39 is 0 Å². The van der Waals surface area contributed by atoms with Gasteiger partial charge in [0.2, 0.25) is 5.69 Å². The molecule has 0 aliphatic heterocycles. The van der Waals surface area contributed by atoms with Gasteiger partial charge in [-0.05, 0) is 91.7 Å². The van der Waals surface area contributed by atoms with Crippen LogP contribution >= 0.6 is 0 Å². The fraction of sp³-hybridized carbons (Fsp3) is 0.351. The largest absolute Gasteiger partial charge is 0.454 e. The van der Waals surface area contributed by atoms with Crippen LogP contribution in [0.2, 0.25) is 0 Å². The maximum absolute atomic E-state index is 10.3. The molecule has 2 aliphatic carbocycles. The zero-order valence-corrected chi connectivity index (χ0v) is 23.7. The summed E-state index contributed by atoms with van der Waals surface area (Å²) in [6.07, 6.45) is 14.3. The Morgan fingerprint density at radius 3 is 2.25 bits per heavy atom. The predicted octanol–water partition coefficient (Wildman–Crippen LogP) is 9.53. The smallest absolute Gasteiger partial charge is 0.216 e. The number of pyridine rings is 1. The average Bonchev–Trinajstić information content (AvgIpc) is 3.37. The quantitative estimate of drug-likeness (QED) is 0.220. The van der Waals surface area contributed by atoms with Crippen LogP contribution in [0.25, 0.3) is 44.3 Å². The molecule has 2 heterocycles. The molecule has 3 aromatic carbocycles. The van der Waals surface area contributed by atoms with Gasteiger partial charge in [-0.1, -0.05) is 55.7 Å². The van der Waals surface area contributed by atoms with E-state index in [9.17, 15) is 5.26 Å². The summed E-state index contributed by atoms with van der Waals surface area (Å²) in [5.41, 5.74) is 9.88. The number of aromatic nitrogens is 1. The van der Waals surface area contributed by atoms with Crippen molar-refractivity contribution in [2.24, 2.45) is 12.5 Å². The lowest BCUT2D eigenvalue weighted by atomic mass is 9.62. The Kier molecular flexibility index (Phi) is 6.23. The molecule has 0 N–H and O–H groups in total. The van der Waals surface area contributed by atoms with Crippen molar-refractivity contribution >= 4 is 21.9 Å². The second-order valence-electron chi connectivity index (χ2n) is 12.3. The van der Waals surface area contributed by atoms with E-state index >= 15 is 0 Å². The molecule has 0 amide bonds. The number of hydrogen-bond acceptors (Lipinski definition) is 2. The lowest BCUT2D eigenvalue weighted by Gasteiger charge is -2.43. The summed E-state index contributed by atoms with van der Waals surface area (Å²) in [6.45, 7) is 2.15. The zero-order valence-electron chi connectivity index (χ0n) is 23.7. The number of furan rings is 1. The van der Waals surface area contributed by atoms with E-state index in [0.717, 1.165) is 44.3 Å². The molecule has 0 radical (unpaired) electrons. The van der Waals surface area contributed by atoms with E-state index in [0.29, 0.717) is 16.9 Å². The molecular weight excluding hydrogens is 488 g/mol. The highest BCUT2D eigenvalue weighted by Crippen LogP contribution is 2.52. The van der Waals surface area contributed by atoms with Gasteiger partial charge in [0, 0.05) is 28.5 Å². The molecule has 5 aromatic rings. The highest BCUT2D eigenvalue weighted by atomic mass is 16.3. The van der Waals surface area contributed by atoms with Gasteiger partial charge >= 0.3 is 0 Å². The first kappa shape index (κ1) is 25.1. The summed E-state index contributed by atoms with van der Waals surface area (Å²) >= 11 is 0. The van der Waals surface area contributed by atoms with Gasteiger partial charge in [-0.25, -0.2) is 4.57 Å². The summed E-state index contributed by atoms with van der Waals surface area (Å²) in [6, 6.07) is 26.0. The topological polar surface area (TPSA) is 40.8 Å². The van der Waals surface area contributed by atoms with Crippen molar-refractivity contribution < 1.29 is 8.98 Å². The molecule has 40 heavy (non-hydrogen) atoms. The van der Waals surface area contributed by atoms with Crippen molar-refractivity contribution in [3.05, 3.63) is 89.6 Å². The van der Waals surface area contributed by atoms with Gasteiger partial charge in [-0.15, -0.1) is 0 Å². The average molecular weight is 526 g/mol. The van der Waals surface area contributed by atoms with Gasteiger partial charge in [-0.2, -0.15) is 5.26 Å². The van der Waals surface area contributed by atoms with Gasteiger partial charge in [0.1, 0.15) is 18.2 Å². The van der Waals surface area contributed by atoms with E-state index in [1.165, 1.54) is 68.9 Å². The van der Waals surface area contributed by atoms with E-state index in [1.807, 2.05) is 12.1 Å². The molecular formula is C37H37N2O+. The lowest BCUT2D eigenvalue weighted by Crippen LogP contribution is -2.30. The normalized spacial score (nSPS) is 17.4. The third kappa shape index (κ3) is 4.05. The molecule has 0 unspecified atom stereocenters. The Hall–Kier alpha value is -3.90. The van der Waals surface area contributed by atoms with Crippen LogP contribution in [0.15, 0.2) is 77.3 Å². The first-order valence-electron chi connectivity index (χ1n) is 15.0. The Labute approximate surface area is 237 Å². The van der Waals surface area contributed by atoms with Gasteiger partial charge in [0.15, 0.2) is 6.20 Å². The number of benzene rings is 3. The zero-order chi connectivity index (χ0) is 27.3. The van der Waals surface area contributed by atoms with Crippen LogP contribution in [-0.4, -0.2) is 0 Å². The van der Waals surface area contributed by atoms with Crippen LogP contribution in [0.3, 0.4) is 0 Å². The van der Waals surface area contributed by atoms with Crippen molar-refractivity contribution in [3.63, 3.8) is 0 Å². The maximum atomic E-state index is 10.3. The molecule has 3 heteroatoms. The Balaban J connectivity index is 1.40. The first-order valence-corrected chi connectivity index (χ1v) is 15.0. The third-order valence-electron chi connectivity index (χ3n) is 10.1. The van der Waals surface area contributed by atoms with Gasteiger partial charge in [0.25, 0.3) is 0 Å². The molecule has 2 aromatic heterocycles. The molecule has 0 bridgehead atoms. The van der Waals surface area contributed by atoms with E-state index in [4.69, 9.17) is 4.42 Å². The molecule has 0 atom stereocenters. The van der Waals surface area contributed by atoms with Gasteiger partial charge in [-0.3, -0.25) is 0 Å². The highest BCUT2D eigenvalue weighted by Gasteiger charge is 2.37. The Bertz CT molecular complexity index is 1770. The number of hydrogen-bond donors (Lipinski definition) is 0. The molecule has 0 saturated heterocycles. The Morgan fingerprint density at radius 2 is 1.50 bits per heavy atom. The standard InChI is InChI=1S/C37H37N2O/c1-25-13-15-30-31-16-14-27(24-38)34(36(31)40-35(30)33(25)32-12-6-9-23-39(32)2)29-11-5-4-10-28(29)26-17-21-37(22-18-26)19-7-3-8-20-37/h4-6,9-16,23,26H,3,7-8,17-22H2,1-2H3/q+1. The second-order valence-corrected chi connectivity index (χ2v) is 12.3. The summed E-state index contributed by atoms with van der Waals surface area (Å²) in [4.78, 5) is 0. The van der Waals surface area contributed by atoms with Crippen molar-refractivity contribution in [1.29, 1.82) is 5.26 Å². The SMILES string of the molecule is Cc1ccc2c(oc3c(-c4ccccc4C4CCC5(CCCCC5)CC4)c(C#N)ccc32)c1-c1cccc[n+]1C. The number of fused-ring (bicyclic) bond motifs is 3. The van der Waals surface area contributed by atoms with Crippen molar-refractivity contribution in [1.82, 2.24) is 0 Å². The van der Waals surface area contributed by atoms with Gasteiger partial charge in [0.05, 0.1) is 17.2 Å². The van der Waals surface area contributed by atoms with Crippen LogP contribution in [0.5, 0.6) is 0 Å². The lowest BCUT2D eigenvalue weighted by molar-refractivity contribution is -0.660.